The number of hydrogen-bond acceptors (Lipinski definition) is 2. The number of alkyl halides is 1. The molecule has 0 atom stereocenters. The van der Waals surface area contributed by atoms with Crippen LogP contribution < -0.4 is 4.74 Å². The third-order valence-electron chi connectivity index (χ3n) is 2.93. The van der Waals surface area contributed by atoms with Crippen molar-refractivity contribution in [3.8, 4) is 17.6 Å². The summed E-state index contributed by atoms with van der Waals surface area (Å²) in [6.07, 6.45) is 1.74. The van der Waals surface area contributed by atoms with Crippen LogP contribution in [0, 0.1) is 11.8 Å². The van der Waals surface area contributed by atoms with Gasteiger partial charge in [0.15, 0.2) is 0 Å². The molecule has 1 aromatic carbocycles. The second-order valence-electron chi connectivity index (χ2n) is 4.44. The van der Waals surface area contributed by atoms with E-state index in [1.807, 2.05) is 30.3 Å². The topological polar surface area (TPSA) is 37.9 Å². The fraction of sp³-hybridized carbons (Fsp3) is 0.118. The summed E-state index contributed by atoms with van der Waals surface area (Å²) in [5.41, 5.74) is 2.52. The normalized spacial score (nSPS) is 10.1. The van der Waals surface area contributed by atoms with Gasteiger partial charge in [0.1, 0.15) is 24.7 Å². The minimum absolute atomic E-state index is 0.0765. The molecule has 0 amide bonds. The van der Waals surface area contributed by atoms with E-state index >= 15 is 0 Å². The lowest BCUT2D eigenvalue weighted by molar-refractivity contribution is 0.273. The maximum Gasteiger partial charge on any atom is 0.138 e. The van der Waals surface area contributed by atoms with Crippen LogP contribution in [-0.2, 0) is 0 Å². The summed E-state index contributed by atoms with van der Waals surface area (Å²) in [5.74, 6) is 6.78. The molecule has 2 aromatic heterocycles. The number of nitrogens with one attached hydrogen (secondary N) is 1. The van der Waals surface area contributed by atoms with Crippen LogP contribution in [-0.4, -0.2) is 23.2 Å². The molecule has 0 radical (unpaired) electrons. The van der Waals surface area contributed by atoms with Crippen LogP contribution in [0.2, 0.25) is 0 Å². The van der Waals surface area contributed by atoms with Crippen molar-refractivity contribution in [1.82, 2.24) is 9.97 Å². The summed E-state index contributed by atoms with van der Waals surface area (Å²) in [6.45, 7) is -0.414. The molecule has 3 aromatic rings. The maximum absolute atomic E-state index is 12.0. The van der Waals surface area contributed by atoms with Crippen molar-refractivity contribution in [3.05, 3.63) is 59.9 Å². The van der Waals surface area contributed by atoms with Crippen molar-refractivity contribution < 1.29 is 9.13 Å². The molecular weight excluding hydrogens is 267 g/mol. The van der Waals surface area contributed by atoms with Crippen LogP contribution >= 0.6 is 0 Å². The Bertz CT molecular complexity index is 764. The Morgan fingerprint density at radius 2 is 2.00 bits per heavy atom. The molecule has 104 valence electrons. The van der Waals surface area contributed by atoms with Crippen molar-refractivity contribution in [1.29, 1.82) is 0 Å². The summed E-state index contributed by atoms with van der Waals surface area (Å²) in [4.78, 5) is 7.38. The number of benzene rings is 1. The van der Waals surface area contributed by atoms with E-state index in [0.717, 1.165) is 22.3 Å². The Morgan fingerprint density at radius 3 is 2.76 bits per heavy atom. The number of ether oxygens (including phenoxy) is 1. The van der Waals surface area contributed by atoms with Crippen LogP contribution in [0.1, 0.15) is 11.3 Å². The highest BCUT2D eigenvalue weighted by Crippen LogP contribution is 2.13. The number of rotatable bonds is 3. The van der Waals surface area contributed by atoms with E-state index in [1.54, 1.807) is 18.3 Å². The minimum atomic E-state index is -0.490. The zero-order valence-electron chi connectivity index (χ0n) is 11.3. The van der Waals surface area contributed by atoms with E-state index < -0.39 is 6.67 Å². The van der Waals surface area contributed by atoms with Crippen molar-refractivity contribution in [2.24, 2.45) is 0 Å². The van der Waals surface area contributed by atoms with Gasteiger partial charge < -0.3 is 9.72 Å². The smallest absolute Gasteiger partial charge is 0.138 e. The van der Waals surface area contributed by atoms with Crippen LogP contribution in [0.25, 0.3) is 11.0 Å². The lowest BCUT2D eigenvalue weighted by Gasteiger charge is -2.02. The summed E-state index contributed by atoms with van der Waals surface area (Å²) < 4.78 is 17.2. The molecule has 21 heavy (non-hydrogen) atoms. The van der Waals surface area contributed by atoms with Crippen LogP contribution in [0.15, 0.2) is 48.7 Å². The van der Waals surface area contributed by atoms with Gasteiger partial charge in [-0.25, -0.2) is 9.37 Å². The molecule has 3 nitrogen and oxygen atoms in total. The SMILES string of the molecule is FCCOc1ccc(C#Cc2cc3cccnc3[nH]2)cc1. The first kappa shape index (κ1) is 13.2. The number of H-pyrrole nitrogens is 1. The first-order valence-corrected chi connectivity index (χ1v) is 6.60. The van der Waals surface area contributed by atoms with Gasteiger partial charge in [-0.05, 0) is 48.4 Å². The van der Waals surface area contributed by atoms with Gasteiger partial charge in [0.05, 0.1) is 5.69 Å². The first-order chi connectivity index (χ1) is 10.3. The Kier molecular flexibility index (Phi) is 3.83. The number of hydrogen-bond donors (Lipinski definition) is 1. The number of aromatic nitrogens is 2. The van der Waals surface area contributed by atoms with Crippen molar-refractivity contribution in [3.63, 3.8) is 0 Å². The van der Waals surface area contributed by atoms with Crippen LogP contribution in [0.5, 0.6) is 5.75 Å². The van der Waals surface area contributed by atoms with Crippen molar-refractivity contribution in [2.75, 3.05) is 13.3 Å². The van der Waals surface area contributed by atoms with E-state index in [2.05, 4.69) is 21.8 Å². The molecule has 1 N–H and O–H groups in total. The highest BCUT2D eigenvalue weighted by molar-refractivity contribution is 5.77. The molecule has 0 aliphatic carbocycles. The average Bonchev–Trinajstić information content (AvgIpc) is 2.95. The van der Waals surface area contributed by atoms with Crippen LogP contribution in [0.3, 0.4) is 0 Å². The second-order valence-corrected chi connectivity index (χ2v) is 4.44. The molecule has 0 spiro atoms. The van der Waals surface area contributed by atoms with E-state index in [-0.39, 0.29) is 6.61 Å². The number of halogens is 1. The fourth-order valence-electron chi connectivity index (χ4n) is 1.96. The number of pyridine rings is 1. The Hall–Kier alpha value is -2.80. The second kappa shape index (κ2) is 6.10. The third kappa shape index (κ3) is 3.21. The quantitative estimate of drug-likeness (QED) is 0.747. The lowest BCUT2D eigenvalue weighted by atomic mass is 10.2. The summed E-state index contributed by atoms with van der Waals surface area (Å²) >= 11 is 0. The molecule has 4 heteroatoms. The van der Waals surface area contributed by atoms with Gasteiger partial charge in [-0.3, -0.25) is 0 Å². The molecule has 0 aliphatic rings. The number of aromatic amines is 1. The minimum Gasteiger partial charge on any atom is -0.491 e. The zero-order valence-corrected chi connectivity index (χ0v) is 11.3. The standard InChI is InChI=1S/C17H13FN2O/c18-9-11-21-16-7-4-13(5-8-16)3-6-15-12-14-2-1-10-19-17(14)20-15/h1-2,4-5,7-8,10,12H,9,11H2,(H,19,20). The van der Waals surface area contributed by atoms with E-state index in [9.17, 15) is 4.39 Å². The van der Waals surface area contributed by atoms with E-state index in [0.29, 0.717) is 5.75 Å². The molecule has 2 heterocycles. The molecule has 0 bridgehead atoms. The zero-order chi connectivity index (χ0) is 14.5. The highest BCUT2D eigenvalue weighted by atomic mass is 19.1. The first-order valence-electron chi connectivity index (χ1n) is 6.60. The predicted octanol–water partition coefficient (Wildman–Crippen LogP) is 3.31. The van der Waals surface area contributed by atoms with Crippen molar-refractivity contribution >= 4 is 11.0 Å². The molecule has 0 aliphatic heterocycles. The number of fused-ring (bicyclic) bond motifs is 1. The third-order valence-corrected chi connectivity index (χ3v) is 2.93. The van der Waals surface area contributed by atoms with Gasteiger partial charge in [-0.15, -0.1) is 0 Å². The van der Waals surface area contributed by atoms with E-state index in [4.69, 9.17) is 4.74 Å². The summed E-state index contributed by atoms with van der Waals surface area (Å²) in [7, 11) is 0. The van der Waals surface area contributed by atoms with Crippen LogP contribution in [0.4, 0.5) is 4.39 Å². The lowest BCUT2D eigenvalue weighted by Crippen LogP contribution is -1.98. The van der Waals surface area contributed by atoms with Gasteiger partial charge >= 0.3 is 0 Å². The Balaban J connectivity index is 1.77. The van der Waals surface area contributed by atoms with E-state index in [1.165, 1.54) is 0 Å². The largest absolute Gasteiger partial charge is 0.491 e. The number of nitrogens with zero attached hydrogens (tertiary/aromatic N) is 1. The monoisotopic (exact) mass is 280 g/mol. The van der Waals surface area contributed by atoms with Crippen molar-refractivity contribution in [2.45, 2.75) is 0 Å². The molecular formula is C17H13FN2O. The molecule has 0 saturated heterocycles. The Morgan fingerprint density at radius 1 is 1.14 bits per heavy atom. The summed E-state index contributed by atoms with van der Waals surface area (Å²) in [6, 6.07) is 13.1. The molecule has 3 rings (SSSR count). The van der Waals surface area contributed by atoms with Gasteiger partial charge in [0.25, 0.3) is 0 Å². The molecule has 0 unspecified atom stereocenters. The molecule has 0 fully saturated rings. The maximum atomic E-state index is 12.0. The average molecular weight is 280 g/mol. The van der Waals surface area contributed by atoms with Gasteiger partial charge in [-0.1, -0.05) is 5.92 Å². The highest BCUT2D eigenvalue weighted by Gasteiger charge is 1.98. The molecule has 0 saturated carbocycles. The summed E-state index contributed by atoms with van der Waals surface area (Å²) in [5, 5.41) is 1.04. The van der Waals surface area contributed by atoms with Gasteiger partial charge in [0, 0.05) is 17.1 Å². The fourth-order valence-corrected chi connectivity index (χ4v) is 1.96. The predicted molar refractivity (Wildman–Crippen MR) is 80.0 cm³/mol. The van der Waals surface area contributed by atoms with Gasteiger partial charge in [0.2, 0.25) is 0 Å². The van der Waals surface area contributed by atoms with Gasteiger partial charge in [-0.2, -0.15) is 0 Å². The Labute approximate surface area is 121 Å².